The second kappa shape index (κ2) is 6.54. The summed E-state index contributed by atoms with van der Waals surface area (Å²) in [5, 5.41) is 3.04. The Morgan fingerprint density at radius 3 is 2.33 bits per heavy atom. The number of hydrogen-bond donors (Lipinski definition) is 1. The Labute approximate surface area is 126 Å². The molecule has 21 heavy (non-hydrogen) atoms. The molecule has 0 fully saturated rings. The van der Waals surface area contributed by atoms with Crippen molar-refractivity contribution in [3.05, 3.63) is 58.9 Å². The van der Waals surface area contributed by atoms with E-state index in [2.05, 4.69) is 5.32 Å². The Kier molecular flexibility index (Phi) is 4.96. The van der Waals surface area contributed by atoms with Gasteiger partial charge in [-0.3, -0.25) is 0 Å². The van der Waals surface area contributed by atoms with Crippen LogP contribution in [0.5, 0.6) is 0 Å². The van der Waals surface area contributed by atoms with Gasteiger partial charge < -0.3 is 5.32 Å². The molecule has 0 aromatic heterocycles. The zero-order chi connectivity index (χ0) is 15.6. The van der Waals surface area contributed by atoms with Gasteiger partial charge in [0, 0.05) is 21.9 Å². The van der Waals surface area contributed by atoms with Gasteiger partial charge in [-0.25, -0.2) is 13.2 Å². The number of rotatable bonds is 4. The molecule has 112 valence electrons. The van der Waals surface area contributed by atoms with E-state index < -0.39 is 11.6 Å². The van der Waals surface area contributed by atoms with Crippen LogP contribution >= 0.6 is 11.8 Å². The quantitative estimate of drug-likeness (QED) is 0.867. The highest BCUT2D eigenvalue weighted by atomic mass is 32.2. The van der Waals surface area contributed by atoms with Crippen molar-refractivity contribution in [1.29, 1.82) is 0 Å². The summed E-state index contributed by atoms with van der Waals surface area (Å²) >= 11 is 1.17. The van der Waals surface area contributed by atoms with E-state index in [1.54, 1.807) is 20.0 Å². The van der Waals surface area contributed by atoms with Gasteiger partial charge in [-0.1, -0.05) is 11.8 Å². The minimum Gasteiger partial charge on any atom is -0.313 e. The van der Waals surface area contributed by atoms with Crippen LogP contribution in [-0.4, -0.2) is 7.05 Å². The molecule has 2 rings (SSSR count). The lowest BCUT2D eigenvalue weighted by molar-refractivity contribution is 0.565. The minimum atomic E-state index is -0.620. The fourth-order valence-electron chi connectivity index (χ4n) is 1.93. The molecule has 5 heteroatoms. The molecular weight excluding hydrogens is 295 g/mol. The molecule has 0 spiro atoms. The van der Waals surface area contributed by atoms with Gasteiger partial charge in [-0.2, -0.15) is 0 Å². The molecule has 0 aliphatic heterocycles. The fourth-order valence-corrected chi connectivity index (χ4v) is 3.05. The molecule has 0 saturated heterocycles. The molecular formula is C16H16F3NS. The second-order valence-electron chi connectivity index (χ2n) is 4.83. The molecule has 0 aliphatic rings. The van der Waals surface area contributed by atoms with E-state index >= 15 is 0 Å². The van der Waals surface area contributed by atoms with Crippen LogP contribution in [0.25, 0.3) is 0 Å². The summed E-state index contributed by atoms with van der Waals surface area (Å²) in [6.07, 6.45) is 0. The summed E-state index contributed by atoms with van der Waals surface area (Å²) < 4.78 is 40.5. The van der Waals surface area contributed by atoms with Crippen molar-refractivity contribution in [1.82, 2.24) is 5.32 Å². The molecule has 1 nitrogen and oxygen atoms in total. The maximum atomic E-state index is 13.8. The van der Waals surface area contributed by atoms with Gasteiger partial charge >= 0.3 is 0 Å². The first kappa shape index (κ1) is 15.9. The third kappa shape index (κ3) is 3.60. The van der Waals surface area contributed by atoms with Crippen molar-refractivity contribution in [2.75, 3.05) is 7.05 Å². The van der Waals surface area contributed by atoms with Crippen molar-refractivity contribution in [3.63, 3.8) is 0 Å². The highest BCUT2D eigenvalue weighted by molar-refractivity contribution is 7.99. The van der Waals surface area contributed by atoms with Gasteiger partial charge in [-0.05, 0) is 56.3 Å². The maximum absolute atomic E-state index is 13.8. The Morgan fingerprint density at radius 2 is 1.71 bits per heavy atom. The zero-order valence-electron chi connectivity index (χ0n) is 12.0. The molecule has 0 heterocycles. The van der Waals surface area contributed by atoms with Gasteiger partial charge in [0.25, 0.3) is 0 Å². The Bertz CT molecular complexity index is 658. The van der Waals surface area contributed by atoms with Crippen LogP contribution in [0.2, 0.25) is 0 Å². The largest absolute Gasteiger partial charge is 0.313 e. The Hall–Kier alpha value is -1.46. The number of hydrogen-bond acceptors (Lipinski definition) is 2. The molecule has 1 unspecified atom stereocenters. The smallest absolute Gasteiger partial charge is 0.140 e. The molecule has 0 radical (unpaired) electrons. The Morgan fingerprint density at radius 1 is 1.00 bits per heavy atom. The van der Waals surface area contributed by atoms with E-state index in [4.69, 9.17) is 0 Å². The van der Waals surface area contributed by atoms with E-state index in [0.29, 0.717) is 10.5 Å². The van der Waals surface area contributed by atoms with Crippen molar-refractivity contribution in [3.8, 4) is 0 Å². The standard InChI is InChI=1S/C16H16F3NS/c1-9-6-16(12(8-13(9)18)10(2)20-3)21-15-5-4-11(17)7-14(15)19/h4-8,10,20H,1-3H3. The molecule has 0 bridgehead atoms. The summed E-state index contributed by atoms with van der Waals surface area (Å²) in [5.74, 6) is -1.53. The van der Waals surface area contributed by atoms with Crippen LogP contribution in [0.1, 0.15) is 24.1 Å². The lowest BCUT2D eigenvalue weighted by atomic mass is 10.1. The van der Waals surface area contributed by atoms with Crippen LogP contribution in [0.15, 0.2) is 40.1 Å². The average molecular weight is 311 g/mol. The SMILES string of the molecule is CNC(C)c1cc(F)c(C)cc1Sc1ccc(F)cc1F. The summed E-state index contributed by atoms with van der Waals surface area (Å²) in [4.78, 5) is 1.06. The predicted octanol–water partition coefficient (Wildman–Crippen LogP) is 4.84. The molecule has 0 amide bonds. The molecule has 2 aromatic carbocycles. The van der Waals surface area contributed by atoms with Crippen molar-refractivity contribution in [2.24, 2.45) is 0 Å². The van der Waals surface area contributed by atoms with Gasteiger partial charge in [-0.15, -0.1) is 0 Å². The van der Waals surface area contributed by atoms with E-state index in [1.807, 2.05) is 6.92 Å². The molecule has 0 aliphatic carbocycles. The molecule has 2 aromatic rings. The zero-order valence-corrected chi connectivity index (χ0v) is 12.8. The number of aryl methyl sites for hydroxylation is 1. The normalized spacial score (nSPS) is 12.5. The second-order valence-corrected chi connectivity index (χ2v) is 5.91. The van der Waals surface area contributed by atoms with Crippen LogP contribution in [-0.2, 0) is 0 Å². The summed E-state index contributed by atoms with van der Waals surface area (Å²) in [6, 6.07) is 6.52. The summed E-state index contributed by atoms with van der Waals surface area (Å²) in [7, 11) is 1.77. The first-order valence-corrected chi connectivity index (χ1v) is 7.34. The van der Waals surface area contributed by atoms with Crippen molar-refractivity contribution < 1.29 is 13.2 Å². The number of nitrogens with one attached hydrogen (secondary N) is 1. The van der Waals surface area contributed by atoms with E-state index in [1.165, 1.54) is 30.0 Å². The first-order chi connectivity index (χ1) is 9.92. The van der Waals surface area contributed by atoms with Gasteiger partial charge in [0.05, 0.1) is 0 Å². The highest BCUT2D eigenvalue weighted by Gasteiger charge is 2.15. The third-order valence-corrected chi connectivity index (χ3v) is 4.43. The lowest BCUT2D eigenvalue weighted by Crippen LogP contribution is -2.13. The minimum absolute atomic E-state index is 0.0777. The topological polar surface area (TPSA) is 12.0 Å². The average Bonchev–Trinajstić information content (AvgIpc) is 2.44. The first-order valence-electron chi connectivity index (χ1n) is 6.52. The van der Waals surface area contributed by atoms with Crippen LogP contribution in [0.4, 0.5) is 13.2 Å². The van der Waals surface area contributed by atoms with Gasteiger partial charge in [0.1, 0.15) is 17.5 Å². The van der Waals surface area contributed by atoms with E-state index in [-0.39, 0.29) is 11.9 Å². The van der Waals surface area contributed by atoms with Gasteiger partial charge in [0.2, 0.25) is 0 Å². The summed E-state index contributed by atoms with van der Waals surface area (Å²) in [5.41, 5.74) is 1.24. The highest BCUT2D eigenvalue weighted by Crippen LogP contribution is 2.36. The molecule has 0 saturated carbocycles. The van der Waals surface area contributed by atoms with Crippen molar-refractivity contribution in [2.45, 2.75) is 29.7 Å². The maximum Gasteiger partial charge on any atom is 0.140 e. The van der Waals surface area contributed by atoms with Crippen LogP contribution in [0, 0.1) is 24.4 Å². The fraction of sp³-hybridized carbons (Fsp3) is 0.250. The summed E-state index contributed by atoms with van der Waals surface area (Å²) in [6.45, 7) is 3.56. The van der Waals surface area contributed by atoms with E-state index in [9.17, 15) is 13.2 Å². The molecule has 1 N–H and O–H groups in total. The van der Waals surface area contributed by atoms with Gasteiger partial charge in [0.15, 0.2) is 0 Å². The Balaban J connectivity index is 2.45. The number of benzene rings is 2. The molecule has 1 atom stereocenters. The van der Waals surface area contributed by atoms with E-state index in [0.717, 1.165) is 16.5 Å². The van der Waals surface area contributed by atoms with Crippen molar-refractivity contribution >= 4 is 11.8 Å². The monoisotopic (exact) mass is 311 g/mol. The number of halogens is 3. The third-order valence-electron chi connectivity index (χ3n) is 3.30. The lowest BCUT2D eigenvalue weighted by Gasteiger charge is -2.17. The predicted molar refractivity (Wildman–Crippen MR) is 79.1 cm³/mol. The van der Waals surface area contributed by atoms with Crippen LogP contribution < -0.4 is 5.32 Å². The van der Waals surface area contributed by atoms with Crippen LogP contribution in [0.3, 0.4) is 0 Å².